The summed E-state index contributed by atoms with van der Waals surface area (Å²) in [5.74, 6) is 1.38. The summed E-state index contributed by atoms with van der Waals surface area (Å²) in [5.41, 5.74) is 3.01. The van der Waals surface area contributed by atoms with Gasteiger partial charge in [-0.25, -0.2) is 0 Å². The fourth-order valence-corrected chi connectivity index (χ4v) is 3.90. The van der Waals surface area contributed by atoms with Crippen molar-refractivity contribution in [1.29, 1.82) is 0 Å². The summed E-state index contributed by atoms with van der Waals surface area (Å²) in [6.07, 6.45) is 5.03. The summed E-state index contributed by atoms with van der Waals surface area (Å²) >= 11 is 1.36. The molecule has 4 aromatic rings. The molecule has 0 radical (unpaired) electrons. The lowest BCUT2D eigenvalue weighted by Crippen LogP contribution is -2.23. The molecule has 0 amide bonds. The second-order valence-corrected chi connectivity index (χ2v) is 7.88. The SMILES string of the molecule is CCCCOc1ccc(-c2nc3s/c(=C\c4ccc(CC)cc4)c(=O)n3n2)cc1. The highest BCUT2D eigenvalue weighted by atomic mass is 32.1. The molecular weight excluding hydrogens is 382 g/mol. The predicted molar refractivity (Wildman–Crippen MR) is 118 cm³/mol. The van der Waals surface area contributed by atoms with E-state index in [1.54, 1.807) is 0 Å². The molecule has 2 aromatic carbocycles. The number of aromatic nitrogens is 3. The minimum Gasteiger partial charge on any atom is -0.494 e. The van der Waals surface area contributed by atoms with Crippen molar-refractivity contribution in [3.63, 3.8) is 0 Å². The molecular formula is C23H23N3O2S. The summed E-state index contributed by atoms with van der Waals surface area (Å²) in [5, 5.41) is 4.42. The fourth-order valence-electron chi connectivity index (χ4n) is 2.99. The molecule has 0 fully saturated rings. The highest BCUT2D eigenvalue weighted by molar-refractivity contribution is 7.15. The summed E-state index contributed by atoms with van der Waals surface area (Å²) in [4.78, 5) is 17.9. The van der Waals surface area contributed by atoms with E-state index < -0.39 is 0 Å². The maximum absolute atomic E-state index is 12.7. The molecule has 2 heterocycles. The Hall–Kier alpha value is -2.99. The standard InChI is InChI=1S/C23H23N3O2S/c1-3-5-14-28-19-12-10-18(11-13-19)21-24-23-26(25-21)22(27)20(29-23)15-17-8-6-16(4-2)7-9-17/h6-13,15H,3-5,14H2,1-2H3/b20-15-. The van der Waals surface area contributed by atoms with Crippen LogP contribution in [0.15, 0.2) is 53.3 Å². The molecule has 148 valence electrons. The lowest BCUT2D eigenvalue weighted by Gasteiger charge is -2.05. The first-order valence-electron chi connectivity index (χ1n) is 9.91. The molecule has 6 heteroatoms. The van der Waals surface area contributed by atoms with Crippen molar-refractivity contribution >= 4 is 22.4 Å². The van der Waals surface area contributed by atoms with Crippen LogP contribution in [0.3, 0.4) is 0 Å². The third-order valence-electron chi connectivity index (χ3n) is 4.75. The molecule has 0 N–H and O–H groups in total. The van der Waals surface area contributed by atoms with Crippen LogP contribution in [0.2, 0.25) is 0 Å². The van der Waals surface area contributed by atoms with Crippen LogP contribution < -0.4 is 14.8 Å². The number of hydrogen-bond acceptors (Lipinski definition) is 5. The lowest BCUT2D eigenvalue weighted by molar-refractivity contribution is 0.309. The van der Waals surface area contributed by atoms with Crippen molar-refractivity contribution in [3.05, 3.63) is 74.5 Å². The highest BCUT2D eigenvalue weighted by Crippen LogP contribution is 2.20. The Morgan fingerprint density at radius 2 is 1.83 bits per heavy atom. The Bertz CT molecular complexity index is 1210. The van der Waals surface area contributed by atoms with E-state index in [1.807, 2.05) is 42.5 Å². The van der Waals surface area contributed by atoms with Crippen molar-refractivity contribution in [1.82, 2.24) is 14.6 Å². The Morgan fingerprint density at radius 1 is 1.07 bits per heavy atom. The predicted octanol–water partition coefficient (Wildman–Crippen LogP) is 4.11. The molecule has 0 spiro atoms. The van der Waals surface area contributed by atoms with Crippen LogP contribution in [0, 0.1) is 0 Å². The molecule has 5 nitrogen and oxygen atoms in total. The van der Waals surface area contributed by atoms with E-state index in [1.165, 1.54) is 21.4 Å². The van der Waals surface area contributed by atoms with Crippen LogP contribution in [0.25, 0.3) is 22.4 Å². The Labute approximate surface area is 173 Å². The first-order chi connectivity index (χ1) is 14.2. The fraction of sp³-hybridized carbons (Fsp3) is 0.261. The zero-order valence-corrected chi connectivity index (χ0v) is 17.4. The maximum Gasteiger partial charge on any atom is 0.291 e. The normalized spacial score (nSPS) is 12.0. The molecule has 0 atom stereocenters. The summed E-state index contributed by atoms with van der Waals surface area (Å²) in [6.45, 7) is 4.98. The largest absolute Gasteiger partial charge is 0.494 e. The molecule has 0 saturated heterocycles. The van der Waals surface area contributed by atoms with Crippen molar-refractivity contribution in [2.45, 2.75) is 33.1 Å². The lowest BCUT2D eigenvalue weighted by atomic mass is 10.1. The zero-order valence-electron chi connectivity index (χ0n) is 16.6. The van der Waals surface area contributed by atoms with Gasteiger partial charge in [-0.05, 0) is 54.3 Å². The van der Waals surface area contributed by atoms with Gasteiger partial charge in [-0.3, -0.25) is 4.79 Å². The molecule has 29 heavy (non-hydrogen) atoms. The number of aryl methyl sites for hydroxylation is 1. The van der Waals surface area contributed by atoms with Gasteiger partial charge in [0.15, 0.2) is 5.82 Å². The second kappa shape index (κ2) is 8.57. The number of thiazole rings is 1. The minimum atomic E-state index is -0.136. The van der Waals surface area contributed by atoms with E-state index in [-0.39, 0.29) is 5.56 Å². The minimum absolute atomic E-state index is 0.136. The van der Waals surface area contributed by atoms with Gasteiger partial charge in [0.25, 0.3) is 5.56 Å². The molecule has 0 aliphatic carbocycles. The number of rotatable bonds is 7. The number of ether oxygens (including phenoxy) is 1. The van der Waals surface area contributed by atoms with Crippen molar-refractivity contribution in [3.8, 4) is 17.1 Å². The smallest absolute Gasteiger partial charge is 0.291 e. The van der Waals surface area contributed by atoms with Crippen LogP contribution in [-0.4, -0.2) is 21.2 Å². The van der Waals surface area contributed by atoms with Crippen molar-refractivity contribution in [2.24, 2.45) is 0 Å². The molecule has 0 bridgehead atoms. The van der Waals surface area contributed by atoms with Gasteiger partial charge in [0, 0.05) is 5.56 Å². The first-order valence-corrected chi connectivity index (χ1v) is 10.7. The average Bonchev–Trinajstić information content (AvgIpc) is 3.29. The van der Waals surface area contributed by atoms with Crippen LogP contribution in [-0.2, 0) is 6.42 Å². The van der Waals surface area contributed by atoms with Gasteiger partial charge in [0.05, 0.1) is 11.1 Å². The summed E-state index contributed by atoms with van der Waals surface area (Å²) in [6, 6.07) is 15.9. The van der Waals surface area contributed by atoms with Crippen LogP contribution in [0.4, 0.5) is 0 Å². The van der Waals surface area contributed by atoms with E-state index in [9.17, 15) is 4.79 Å². The third-order valence-corrected chi connectivity index (χ3v) is 5.71. The summed E-state index contributed by atoms with van der Waals surface area (Å²) < 4.78 is 7.71. The highest BCUT2D eigenvalue weighted by Gasteiger charge is 2.12. The van der Waals surface area contributed by atoms with E-state index in [2.05, 4.69) is 36.1 Å². The van der Waals surface area contributed by atoms with Gasteiger partial charge in [-0.15, -0.1) is 5.10 Å². The first kappa shape index (κ1) is 19.3. The Kier molecular flexibility index (Phi) is 5.71. The van der Waals surface area contributed by atoms with Gasteiger partial charge in [-0.2, -0.15) is 9.50 Å². The van der Waals surface area contributed by atoms with Gasteiger partial charge >= 0.3 is 0 Å². The zero-order chi connectivity index (χ0) is 20.2. The van der Waals surface area contributed by atoms with Crippen LogP contribution in [0.1, 0.15) is 37.8 Å². The monoisotopic (exact) mass is 405 g/mol. The van der Waals surface area contributed by atoms with Gasteiger partial charge in [0.2, 0.25) is 4.96 Å². The van der Waals surface area contributed by atoms with E-state index in [0.717, 1.165) is 36.1 Å². The molecule has 4 rings (SSSR count). The number of nitrogens with zero attached hydrogens (tertiary/aromatic N) is 3. The topological polar surface area (TPSA) is 56.5 Å². The maximum atomic E-state index is 12.7. The number of unbranched alkanes of at least 4 members (excludes halogenated alkanes) is 1. The molecule has 0 unspecified atom stereocenters. The number of benzene rings is 2. The van der Waals surface area contributed by atoms with Crippen LogP contribution >= 0.6 is 11.3 Å². The second-order valence-electron chi connectivity index (χ2n) is 6.87. The quantitative estimate of drug-likeness (QED) is 0.434. The molecule has 0 saturated carbocycles. The van der Waals surface area contributed by atoms with E-state index in [0.29, 0.717) is 21.9 Å². The van der Waals surface area contributed by atoms with Gasteiger partial charge < -0.3 is 4.74 Å². The Morgan fingerprint density at radius 3 is 2.48 bits per heavy atom. The summed E-state index contributed by atoms with van der Waals surface area (Å²) in [7, 11) is 0. The molecule has 2 aromatic heterocycles. The molecule has 0 aliphatic rings. The number of fused-ring (bicyclic) bond motifs is 1. The van der Waals surface area contributed by atoms with Crippen molar-refractivity contribution < 1.29 is 4.74 Å². The average molecular weight is 406 g/mol. The number of hydrogen-bond donors (Lipinski definition) is 0. The molecule has 0 aliphatic heterocycles. The van der Waals surface area contributed by atoms with Crippen LogP contribution in [0.5, 0.6) is 5.75 Å². The Balaban J connectivity index is 1.59. The van der Waals surface area contributed by atoms with Crippen molar-refractivity contribution in [2.75, 3.05) is 6.61 Å². The van der Waals surface area contributed by atoms with E-state index in [4.69, 9.17) is 4.74 Å². The van der Waals surface area contributed by atoms with Gasteiger partial charge in [-0.1, -0.05) is 55.9 Å². The van der Waals surface area contributed by atoms with E-state index >= 15 is 0 Å². The third kappa shape index (κ3) is 4.22. The van der Waals surface area contributed by atoms with Gasteiger partial charge in [0.1, 0.15) is 5.75 Å².